The molecule has 1 aliphatic rings. The largest absolute Gasteiger partial charge is 0.496 e. The highest BCUT2D eigenvalue weighted by Gasteiger charge is 2.33. The molecule has 0 aliphatic heterocycles. The molecule has 0 radical (unpaired) electrons. The van der Waals surface area contributed by atoms with Gasteiger partial charge in [0.1, 0.15) is 46.0 Å². The van der Waals surface area contributed by atoms with Gasteiger partial charge in [-0.3, -0.25) is 0 Å². The molecule has 0 amide bonds. The highest BCUT2D eigenvalue weighted by Crippen LogP contribution is 2.48. The van der Waals surface area contributed by atoms with E-state index in [-0.39, 0.29) is 43.3 Å². The third-order valence-corrected chi connectivity index (χ3v) is 22.1. The van der Waals surface area contributed by atoms with E-state index in [1.54, 1.807) is 0 Å². The molecule has 8 nitrogen and oxygen atoms in total. The molecule has 0 atom stereocenters. The van der Waals surface area contributed by atoms with Crippen LogP contribution in [-0.2, 0) is 94.7 Å². The van der Waals surface area contributed by atoms with Gasteiger partial charge in [0, 0.05) is 51.4 Å². The number of rotatable bonds is 14. The smallest absolute Gasteiger partial charge is 0.126 e. The fourth-order valence-corrected chi connectivity index (χ4v) is 15.7. The second-order valence-corrected chi connectivity index (χ2v) is 39.4. The van der Waals surface area contributed by atoms with Crippen molar-refractivity contribution in [3.8, 4) is 46.0 Å². The molecule has 596 valence electrons. The maximum absolute atomic E-state index is 7.15. The van der Waals surface area contributed by atoms with E-state index in [1.807, 2.05) is 14.2 Å². The summed E-state index contributed by atoms with van der Waals surface area (Å²) in [5.74, 6) is 7.17. The van der Waals surface area contributed by atoms with E-state index in [4.69, 9.17) is 37.9 Å². The third kappa shape index (κ3) is 20.0. The number of benzene rings is 8. The number of ether oxygens (including phenoxy) is 8. The summed E-state index contributed by atoms with van der Waals surface area (Å²) in [6.07, 6.45) is 4.61. The summed E-state index contributed by atoms with van der Waals surface area (Å²) in [6, 6.07) is 38.6. The predicted octanol–water partition coefficient (Wildman–Crippen LogP) is 25.5. The van der Waals surface area contributed by atoms with Crippen LogP contribution >= 0.6 is 0 Å². The molecular weight excluding hydrogens is 1350 g/mol. The van der Waals surface area contributed by atoms with Crippen molar-refractivity contribution < 1.29 is 37.9 Å². The van der Waals surface area contributed by atoms with Crippen LogP contribution in [0.3, 0.4) is 0 Å². The van der Waals surface area contributed by atoms with Gasteiger partial charge in [-0.2, -0.15) is 0 Å². The van der Waals surface area contributed by atoms with Crippen molar-refractivity contribution in [1.82, 2.24) is 0 Å². The number of methoxy groups -OCH3 is 2. The average Bonchev–Trinajstić information content (AvgIpc) is 0.816. The Morgan fingerprint density at radius 2 is 0.264 bits per heavy atom. The van der Waals surface area contributed by atoms with E-state index in [1.165, 1.54) is 44.5 Å². The van der Waals surface area contributed by atoms with Crippen LogP contribution < -0.4 is 37.9 Å². The van der Waals surface area contributed by atoms with Crippen LogP contribution in [0.15, 0.2) is 97.1 Å². The maximum atomic E-state index is 7.15. The van der Waals surface area contributed by atoms with Crippen molar-refractivity contribution in [3.63, 3.8) is 0 Å². The van der Waals surface area contributed by atoms with Crippen LogP contribution in [0, 0.1) is 0 Å². The SMILES string of the molecule is CCOc1c2cc(C(C)(C)C)cc1Cc1cc(C(C)(C)C)cc(c1OCC)Cc1cc(C(C)(C)C)cc(c1OC)Cc1cc(C(C)(C)C)cc(c1OCC)Cc1cc(C(C)(C)C)cc(c1OCC)Cc1cc(C(C)(C)C)cc(c1OCC)Cc1cc(C(C)(C)C)cc(c1OCC)Cc1cc(C(C)(C)C)cc(c1OC)C2. The lowest BCUT2D eigenvalue weighted by molar-refractivity contribution is 0.327. The first kappa shape index (κ1) is 86.1. The molecule has 8 heteroatoms. The third-order valence-electron chi connectivity index (χ3n) is 22.1. The first-order valence-electron chi connectivity index (χ1n) is 41.3. The standard InChI is InChI=1S/C102H140O8/c1-33-105-89-67-39-63-47-79(95(7,8)9)49-65(87(63)103-31)41-69-53-83(99(19,20)21)57-73(91(69)107-35-3)44-75-59-85(101(25,26)27)61-77(93(75)109-37-5)46-78-62-86(102(28,29)30)60-76(94(78)110-38-6)45-74-58-84(100(22,23)24)54-70(92(74)108-36-4)42-66-50-80(96(10,11)12)48-64(88(66)104-32)40-68-52-82(98(16,17)18)56-72(90(68)106-34-2)43-71(89)55-81(51-67)97(13,14)15/h47-62H,33-46H2,1-32H3. The minimum atomic E-state index is -0.211. The van der Waals surface area contributed by atoms with Gasteiger partial charge in [0.15, 0.2) is 0 Å². The molecule has 0 spiro atoms. The molecule has 0 heterocycles. The molecule has 0 fully saturated rings. The second kappa shape index (κ2) is 33.5. The summed E-state index contributed by atoms with van der Waals surface area (Å²) in [4.78, 5) is 0. The van der Waals surface area contributed by atoms with Crippen LogP contribution in [0.5, 0.6) is 46.0 Å². The Morgan fingerprint density at radius 1 is 0.173 bits per heavy atom. The van der Waals surface area contributed by atoms with Crippen molar-refractivity contribution in [1.29, 1.82) is 0 Å². The number of fused-ring (bicyclic) bond motifs is 16. The van der Waals surface area contributed by atoms with Crippen molar-refractivity contribution in [3.05, 3.63) is 231 Å². The summed E-state index contributed by atoms with van der Waals surface area (Å²) in [5, 5.41) is 0. The Morgan fingerprint density at radius 3 is 0.336 bits per heavy atom. The van der Waals surface area contributed by atoms with Gasteiger partial charge in [-0.25, -0.2) is 0 Å². The Kier molecular flexibility index (Phi) is 26.2. The van der Waals surface area contributed by atoms with Crippen molar-refractivity contribution in [2.75, 3.05) is 53.9 Å². The first-order chi connectivity index (χ1) is 51.2. The van der Waals surface area contributed by atoms with E-state index in [2.05, 4.69) is 305 Å². The lowest BCUT2D eigenvalue weighted by Gasteiger charge is -2.29. The molecule has 0 N–H and O–H groups in total. The average molecular weight is 1490 g/mol. The number of hydrogen-bond donors (Lipinski definition) is 0. The molecule has 0 saturated carbocycles. The molecule has 1 aliphatic carbocycles. The predicted molar refractivity (Wildman–Crippen MR) is 464 cm³/mol. The van der Waals surface area contributed by atoms with Gasteiger partial charge in [0.05, 0.1) is 53.9 Å². The molecule has 8 aromatic carbocycles. The molecule has 16 bridgehead atoms. The zero-order chi connectivity index (χ0) is 81.3. The van der Waals surface area contributed by atoms with Crippen molar-refractivity contribution in [2.45, 2.75) is 302 Å². The lowest BCUT2D eigenvalue weighted by Crippen LogP contribution is -2.17. The first-order valence-corrected chi connectivity index (χ1v) is 41.3. The second-order valence-electron chi connectivity index (χ2n) is 39.4. The summed E-state index contributed by atoms with van der Waals surface area (Å²) in [6.45, 7) is 71.5. The van der Waals surface area contributed by atoms with Gasteiger partial charge in [0.2, 0.25) is 0 Å². The highest BCUT2D eigenvalue weighted by molar-refractivity contribution is 5.63. The zero-order valence-corrected chi connectivity index (χ0v) is 74.4. The summed E-state index contributed by atoms with van der Waals surface area (Å²) in [5.41, 5.74) is 26.2. The maximum Gasteiger partial charge on any atom is 0.126 e. The summed E-state index contributed by atoms with van der Waals surface area (Å²) < 4.78 is 56.6. The van der Waals surface area contributed by atoms with Crippen LogP contribution in [0.4, 0.5) is 0 Å². The van der Waals surface area contributed by atoms with Gasteiger partial charge >= 0.3 is 0 Å². The van der Waals surface area contributed by atoms with E-state index in [0.717, 1.165) is 135 Å². The fraction of sp³-hybridized carbons (Fsp3) is 0.529. The molecule has 0 saturated heterocycles. The lowest BCUT2D eigenvalue weighted by atomic mass is 9.79. The van der Waals surface area contributed by atoms with Crippen LogP contribution in [0.1, 0.15) is 341 Å². The Balaban J connectivity index is 1.46. The number of hydrogen-bond acceptors (Lipinski definition) is 8. The molecule has 8 aromatic rings. The van der Waals surface area contributed by atoms with Crippen molar-refractivity contribution in [2.24, 2.45) is 0 Å². The Hall–Kier alpha value is -7.84. The van der Waals surface area contributed by atoms with Gasteiger partial charge < -0.3 is 37.9 Å². The quantitative estimate of drug-likeness (QED) is 0.107. The van der Waals surface area contributed by atoms with E-state index < -0.39 is 0 Å². The van der Waals surface area contributed by atoms with Crippen LogP contribution in [0.2, 0.25) is 0 Å². The van der Waals surface area contributed by atoms with Gasteiger partial charge in [0.25, 0.3) is 0 Å². The summed E-state index contributed by atoms with van der Waals surface area (Å²) in [7, 11) is 3.70. The van der Waals surface area contributed by atoms with E-state index >= 15 is 0 Å². The fourth-order valence-electron chi connectivity index (χ4n) is 15.7. The van der Waals surface area contributed by atoms with E-state index in [0.29, 0.717) is 91.0 Å². The topological polar surface area (TPSA) is 73.8 Å². The molecule has 9 rings (SSSR count). The molecular formula is C102H140O8. The summed E-state index contributed by atoms with van der Waals surface area (Å²) >= 11 is 0. The van der Waals surface area contributed by atoms with Crippen LogP contribution in [0.25, 0.3) is 0 Å². The van der Waals surface area contributed by atoms with Gasteiger partial charge in [-0.1, -0.05) is 263 Å². The highest BCUT2D eigenvalue weighted by atomic mass is 16.5. The normalized spacial score (nSPS) is 13.7. The van der Waals surface area contributed by atoms with Gasteiger partial charge in [-0.15, -0.1) is 0 Å². The monoisotopic (exact) mass is 1490 g/mol. The Labute approximate surface area is 666 Å². The molecule has 110 heavy (non-hydrogen) atoms. The minimum absolute atomic E-state index is 0.210. The van der Waals surface area contributed by atoms with Gasteiger partial charge in [-0.05, 0) is 218 Å². The molecule has 0 aromatic heterocycles. The zero-order valence-electron chi connectivity index (χ0n) is 74.4. The van der Waals surface area contributed by atoms with Crippen molar-refractivity contribution >= 4 is 0 Å². The Bertz CT molecular complexity index is 4300. The van der Waals surface area contributed by atoms with Crippen LogP contribution in [-0.4, -0.2) is 53.9 Å². The minimum Gasteiger partial charge on any atom is -0.496 e. The van der Waals surface area contributed by atoms with E-state index in [9.17, 15) is 0 Å². The molecule has 0 unspecified atom stereocenters.